The predicted molar refractivity (Wildman–Crippen MR) is 193 cm³/mol. The van der Waals surface area contributed by atoms with Gasteiger partial charge in [-0.05, 0) is 79.8 Å². The van der Waals surface area contributed by atoms with Crippen LogP contribution in [0.5, 0.6) is 0 Å². The van der Waals surface area contributed by atoms with Crippen molar-refractivity contribution in [1.29, 1.82) is 0 Å². The molecule has 0 saturated carbocycles. The molecule has 9 aromatic rings. The van der Waals surface area contributed by atoms with Crippen molar-refractivity contribution in [2.24, 2.45) is 0 Å². The van der Waals surface area contributed by atoms with Crippen LogP contribution in [0.25, 0.3) is 87.1 Å². The molecule has 6 heteroatoms. The third-order valence-electron chi connectivity index (χ3n) is 8.49. The van der Waals surface area contributed by atoms with Crippen molar-refractivity contribution < 1.29 is 0 Å². The first-order valence-corrected chi connectivity index (χ1v) is 16.8. The van der Waals surface area contributed by atoms with Gasteiger partial charge < -0.3 is 0 Å². The van der Waals surface area contributed by atoms with Gasteiger partial charge in [-0.2, -0.15) is 0 Å². The Hall–Kier alpha value is -5.56. The lowest BCUT2D eigenvalue weighted by molar-refractivity contribution is 1.33. The Balaban J connectivity index is 1.36. The van der Waals surface area contributed by atoms with Crippen LogP contribution in [0.1, 0.15) is 0 Å². The third-order valence-corrected chi connectivity index (χ3v) is 10.1. The highest BCUT2D eigenvalue weighted by molar-refractivity contribution is 7.13. The van der Waals surface area contributed by atoms with Gasteiger partial charge in [-0.15, -0.1) is 22.7 Å². The van der Waals surface area contributed by atoms with Crippen molar-refractivity contribution in [3.05, 3.63) is 145 Å². The van der Waals surface area contributed by atoms with Gasteiger partial charge in [0.2, 0.25) is 0 Å². The number of thiazole rings is 2. The molecule has 0 aliphatic carbocycles. The molecule has 0 saturated heterocycles. The number of rotatable bonds is 5. The molecule has 5 aromatic carbocycles. The lowest BCUT2D eigenvalue weighted by Crippen LogP contribution is -1.95. The molecule has 9 rings (SSSR count). The molecule has 0 bridgehead atoms. The standard InChI is InChI=1S/C40H24N4S2/c1-2-8-26-19-27(16-15-25(26)7-1)28-17-18-31-32(20-28)40(36-14-6-12-34(44-36)38-22-42-24-46-38)30-10-4-3-9-29(30)39(31)35-13-5-11-33(43-35)37-21-41-23-45-37/h1-24H. The third kappa shape index (κ3) is 4.58. The fourth-order valence-electron chi connectivity index (χ4n) is 6.39. The van der Waals surface area contributed by atoms with E-state index in [0.29, 0.717) is 0 Å². The van der Waals surface area contributed by atoms with Gasteiger partial charge in [-0.1, -0.05) is 84.9 Å². The lowest BCUT2D eigenvalue weighted by Gasteiger charge is -2.18. The Morgan fingerprint density at radius 2 is 0.913 bits per heavy atom. The van der Waals surface area contributed by atoms with E-state index in [1.54, 1.807) is 22.7 Å². The monoisotopic (exact) mass is 624 g/mol. The average molecular weight is 625 g/mol. The number of benzene rings is 5. The van der Waals surface area contributed by atoms with E-state index in [2.05, 4.69) is 131 Å². The van der Waals surface area contributed by atoms with Crippen LogP contribution >= 0.6 is 22.7 Å². The minimum absolute atomic E-state index is 0.922. The summed E-state index contributed by atoms with van der Waals surface area (Å²) >= 11 is 3.20. The molecule has 0 aliphatic rings. The molecule has 0 aliphatic heterocycles. The van der Waals surface area contributed by atoms with E-state index in [4.69, 9.17) is 9.97 Å². The molecule has 46 heavy (non-hydrogen) atoms. The zero-order valence-electron chi connectivity index (χ0n) is 24.5. The lowest BCUT2D eigenvalue weighted by atomic mass is 9.87. The molecule has 0 radical (unpaired) electrons. The second-order valence-electron chi connectivity index (χ2n) is 11.2. The Bertz CT molecular complexity index is 2540. The maximum Gasteiger partial charge on any atom is 0.0825 e. The second-order valence-corrected chi connectivity index (χ2v) is 12.9. The molecular formula is C40H24N4S2. The summed E-state index contributed by atoms with van der Waals surface area (Å²) in [5, 5.41) is 7.01. The van der Waals surface area contributed by atoms with Gasteiger partial charge in [-0.25, -0.2) is 9.97 Å². The summed E-state index contributed by atoms with van der Waals surface area (Å²) in [4.78, 5) is 21.1. The Kier molecular flexibility index (Phi) is 6.47. The smallest absolute Gasteiger partial charge is 0.0825 e. The van der Waals surface area contributed by atoms with E-state index >= 15 is 0 Å². The van der Waals surface area contributed by atoms with Crippen LogP contribution in [0, 0.1) is 0 Å². The number of hydrogen-bond donors (Lipinski definition) is 0. The van der Waals surface area contributed by atoms with Gasteiger partial charge >= 0.3 is 0 Å². The van der Waals surface area contributed by atoms with E-state index in [0.717, 1.165) is 70.8 Å². The largest absolute Gasteiger partial charge is 0.252 e. The number of hydrogen-bond acceptors (Lipinski definition) is 6. The Labute approximate surface area is 273 Å². The van der Waals surface area contributed by atoms with Crippen molar-refractivity contribution in [3.63, 3.8) is 0 Å². The van der Waals surface area contributed by atoms with E-state index in [9.17, 15) is 0 Å². The number of fused-ring (bicyclic) bond motifs is 3. The van der Waals surface area contributed by atoms with Gasteiger partial charge in [0.05, 0.1) is 43.6 Å². The van der Waals surface area contributed by atoms with Crippen molar-refractivity contribution in [2.75, 3.05) is 0 Å². The highest BCUT2D eigenvalue weighted by atomic mass is 32.1. The highest BCUT2D eigenvalue weighted by Crippen LogP contribution is 2.45. The van der Waals surface area contributed by atoms with Crippen LogP contribution < -0.4 is 0 Å². The van der Waals surface area contributed by atoms with Crippen LogP contribution in [0.4, 0.5) is 0 Å². The van der Waals surface area contributed by atoms with E-state index in [-0.39, 0.29) is 0 Å². The first kappa shape index (κ1) is 26.8. The first-order valence-electron chi connectivity index (χ1n) is 15.0. The quantitative estimate of drug-likeness (QED) is 0.179. The second kappa shape index (κ2) is 11.1. The first-order chi connectivity index (χ1) is 22.8. The predicted octanol–water partition coefficient (Wildman–Crippen LogP) is 11.2. The summed E-state index contributed by atoms with van der Waals surface area (Å²) in [6.45, 7) is 0. The van der Waals surface area contributed by atoms with Crippen LogP contribution in [0.3, 0.4) is 0 Å². The topological polar surface area (TPSA) is 51.6 Å². The maximum absolute atomic E-state index is 5.23. The van der Waals surface area contributed by atoms with Crippen LogP contribution in [-0.2, 0) is 0 Å². The fraction of sp³-hybridized carbons (Fsp3) is 0. The molecule has 4 heterocycles. The molecule has 4 aromatic heterocycles. The molecule has 216 valence electrons. The summed E-state index contributed by atoms with van der Waals surface area (Å²) in [6, 6.07) is 43.2. The van der Waals surface area contributed by atoms with E-state index < -0.39 is 0 Å². The molecule has 4 nitrogen and oxygen atoms in total. The number of nitrogens with zero attached hydrogens (tertiary/aromatic N) is 4. The SMILES string of the molecule is c1cc(-c2cncs2)nc(-c2c3ccccc3c(-c3cccc(-c4cncs4)n3)c3cc(-c4ccc5ccccc5c4)ccc23)c1. The summed E-state index contributed by atoms with van der Waals surface area (Å²) in [5.74, 6) is 0. The molecular weight excluding hydrogens is 601 g/mol. The van der Waals surface area contributed by atoms with Gasteiger partial charge in [0.1, 0.15) is 0 Å². The van der Waals surface area contributed by atoms with Crippen LogP contribution in [0.2, 0.25) is 0 Å². The molecule has 0 fully saturated rings. The van der Waals surface area contributed by atoms with E-state index in [1.165, 1.54) is 16.3 Å². The van der Waals surface area contributed by atoms with Gasteiger partial charge in [0.25, 0.3) is 0 Å². The van der Waals surface area contributed by atoms with Crippen molar-refractivity contribution in [2.45, 2.75) is 0 Å². The minimum Gasteiger partial charge on any atom is -0.252 e. The van der Waals surface area contributed by atoms with Crippen LogP contribution in [0.15, 0.2) is 145 Å². The molecule has 0 spiro atoms. The Morgan fingerprint density at radius 3 is 1.54 bits per heavy atom. The fourth-order valence-corrected chi connectivity index (χ4v) is 7.57. The Morgan fingerprint density at radius 1 is 0.391 bits per heavy atom. The normalized spacial score (nSPS) is 11.5. The highest BCUT2D eigenvalue weighted by Gasteiger charge is 2.20. The molecule has 0 N–H and O–H groups in total. The maximum atomic E-state index is 5.23. The summed E-state index contributed by atoms with van der Waals surface area (Å²) < 4.78 is 0. The average Bonchev–Trinajstić information content (AvgIpc) is 3.86. The van der Waals surface area contributed by atoms with Gasteiger partial charge in [0, 0.05) is 23.5 Å². The summed E-state index contributed by atoms with van der Waals surface area (Å²) in [6.07, 6.45) is 3.77. The number of aromatic nitrogens is 4. The number of pyridine rings is 2. The molecule has 0 amide bonds. The zero-order chi connectivity index (χ0) is 30.5. The summed E-state index contributed by atoms with van der Waals surface area (Å²) in [5.41, 5.74) is 12.0. The van der Waals surface area contributed by atoms with Crippen LogP contribution in [-0.4, -0.2) is 19.9 Å². The van der Waals surface area contributed by atoms with Crippen molar-refractivity contribution in [3.8, 4) is 54.8 Å². The molecule has 0 unspecified atom stereocenters. The van der Waals surface area contributed by atoms with Gasteiger partial charge in [-0.3, -0.25) is 9.97 Å². The van der Waals surface area contributed by atoms with Gasteiger partial charge in [0.15, 0.2) is 0 Å². The summed E-state index contributed by atoms with van der Waals surface area (Å²) in [7, 11) is 0. The minimum atomic E-state index is 0.922. The van der Waals surface area contributed by atoms with E-state index in [1.807, 2.05) is 23.4 Å². The zero-order valence-corrected chi connectivity index (χ0v) is 26.1. The molecule has 0 atom stereocenters. The van der Waals surface area contributed by atoms with Crippen molar-refractivity contribution >= 4 is 55.0 Å². The van der Waals surface area contributed by atoms with Crippen molar-refractivity contribution in [1.82, 2.24) is 19.9 Å².